The van der Waals surface area contributed by atoms with E-state index >= 15 is 0 Å². The lowest BCUT2D eigenvalue weighted by atomic mass is 10.2. The Labute approximate surface area is 87.3 Å². The van der Waals surface area contributed by atoms with Gasteiger partial charge in [0, 0.05) is 5.75 Å². The third kappa shape index (κ3) is 2.35. The minimum atomic E-state index is 0.737. The minimum absolute atomic E-state index is 0.737. The fourth-order valence-corrected chi connectivity index (χ4v) is 1.86. The Morgan fingerprint density at radius 2 is 1.93 bits per heavy atom. The van der Waals surface area contributed by atoms with Crippen LogP contribution in [0.2, 0.25) is 0 Å². The quantitative estimate of drug-likeness (QED) is 0.728. The normalized spacial score (nSPS) is 14.6. The zero-order chi connectivity index (χ0) is 9.80. The second-order valence-electron chi connectivity index (χ2n) is 2.92. The molecule has 1 aliphatic rings. The van der Waals surface area contributed by atoms with Crippen molar-refractivity contribution in [2.24, 2.45) is 10.2 Å². The van der Waals surface area contributed by atoms with Crippen LogP contribution >= 0.6 is 11.8 Å². The van der Waals surface area contributed by atoms with Crippen LogP contribution in [0.5, 0.6) is 0 Å². The molecule has 71 valence electrons. The van der Waals surface area contributed by atoms with E-state index in [1.807, 2.05) is 25.1 Å². The van der Waals surface area contributed by atoms with Crippen molar-refractivity contribution in [2.45, 2.75) is 12.7 Å². The highest BCUT2D eigenvalue weighted by atomic mass is 32.2. The summed E-state index contributed by atoms with van der Waals surface area (Å²) in [5, 5.41) is 12.7. The lowest BCUT2D eigenvalue weighted by Crippen LogP contribution is -2.12. The third-order valence-corrected chi connectivity index (χ3v) is 2.66. The standard InChI is InChI=1S/C10H10N3S/c1-8-11-10(13-12-8)14-7-9-5-3-2-4-6-9/h2-6H,7H2,1H3. The Kier molecular flexibility index (Phi) is 2.84. The van der Waals surface area contributed by atoms with Crippen LogP contribution in [0, 0.1) is 0 Å². The number of benzene rings is 1. The van der Waals surface area contributed by atoms with E-state index < -0.39 is 0 Å². The summed E-state index contributed by atoms with van der Waals surface area (Å²) in [7, 11) is 0. The molecule has 0 unspecified atom stereocenters. The van der Waals surface area contributed by atoms with Gasteiger partial charge in [0.2, 0.25) is 5.17 Å². The van der Waals surface area contributed by atoms with Crippen LogP contribution in [-0.4, -0.2) is 11.0 Å². The number of amidine groups is 2. The first-order chi connectivity index (χ1) is 6.84. The predicted octanol–water partition coefficient (Wildman–Crippen LogP) is 2.23. The summed E-state index contributed by atoms with van der Waals surface area (Å²) in [6.45, 7) is 1.85. The Morgan fingerprint density at radius 1 is 1.14 bits per heavy atom. The third-order valence-electron chi connectivity index (χ3n) is 1.75. The zero-order valence-electron chi connectivity index (χ0n) is 7.84. The lowest BCUT2D eigenvalue weighted by Gasteiger charge is -1.99. The maximum absolute atomic E-state index is 4.17. The Balaban J connectivity index is 1.85. The number of nitrogens with zero attached hydrogens (tertiary/aromatic N) is 3. The molecule has 0 aromatic heterocycles. The van der Waals surface area contributed by atoms with Gasteiger partial charge in [-0.3, -0.25) is 0 Å². The Morgan fingerprint density at radius 3 is 2.57 bits per heavy atom. The predicted molar refractivity (Wildman–Crippen MR) is 60.4 cm³/mol. The summed E-state index contributed by atoms with van der Waals surface area (Å²) in [5.41, 5.74) is 1.28. The van der Waals surface area contributed by atoms with Gasteiger partial charge in [0.15, 0.2) is 5.84 Å². The molecule has 0 N–H and O–H groups in total. The second kappa shape index (κ2) is 4.28. The smallest absolute Gasteiger partial charge is 0.204 e. The van der Waals surface area contributed by atoms with Crippen LogP contribution in [0.25, 0.3) is 0 Å². The monoisotopic (exact) mass is 204 g/mol. The van der Waals surface area contributed by atoms with E-state index in [1.54, 1.807) is 11.8 Å². The van der Waals surface area contributed by atoms with Gasteiger partial charge in [-0.25, -0.2) is 5.32 Å². The van der Waals surface area contributed by atoms with Crippen LogP contribution < -0.4 is 5.32 Å². The molecule has 0 amide bonds. The van der Waals surface area contributed by atoms with Crippen LogP contribution in [0.4, 0.5) is 0 Å². The molecule has 0 spiro atoms. The average molecular weight is 204 g/mol. The van der Waals surface area contributed by atoms with Crippen molar-refractivity contribution >= 4 is 22.8 Å². The van der Waals surface area contributed by atoms with Gasteiger partial charge in [0.05, 0.1) is 0 Å². The van der Waals surface area contributed by atoms with E-state index in [0.717, 1.165) is 16.8 Å². The molecule has 1 aromatic carbocycles. The van der Waals surface area contributed by atoms with E-state index in [2.05, 4.69) is 27.7 Å². The van der Waals surface area contributed by atoms with Gasteiger partial charge < -0.3 is 0 Å². The zero-order valence-corrected chi connectivity index (χ0v) is 8.66. The summed E-state index contributed by atoms with van der Waals surface area (Å²) in [4.78, 5) is 0. The molecule has 1 aliphatic heterocycles. The molecule has 0 bridgehead atoms. The summed E-state index contributed by atoms with van der Waals surface area (Å²) in [6.07, 6.45) is 0. The summed E-state index contributed by atoms with van der Waals surface area (Å²) < 4.78 is 0. The molecule has 0 saturated heterocycles. The first-order valence-electron chi connectivity index (χ1n) is 4.35. The molecular formula is C10H10N3S. The summed E-state index contributed by atoms with van der Waals surface area (Å²) in [6, 6.07) is 10.3. The highest BCUT2D eigenvalue weighted by molar-refractivity contribution is 8.13. The lowest BCUT2D eigenvalue weighted by molar-refractivity contribution is 1.27. The van der Waals surface area contributed by atoms with Crippen molar-refractivity contribution in [3.63, 3.8) is 0 Å². The van der Waals surface area contributed by atoms with Crippen molar-refractivity contribution in [1.82, 2.24) is 5.32 Å². The van der Waals surface area contributed by atoms with Crippen molar-refractivity contribution in [3.05, 3.63) is 35.9 Å². The highest BCUT2D eigenvalue weighted by Crippen LogP contribution is 2.14. The fraction of sp³-hybridized carbons (Fsp3) is 0.200. The maximum Gasteiger partial charge on any atom is 0.211 e. The molecule has 3 nitrogen and oxygen atoms in total. The van der Waals surface area contributed by atoms with Crippen molar-refractivity contribution in [1.29, 1.82) is 0 Å². The van der Waals surface area contributed by atoms with E-state index in [-0.39, 0.29) is 0 Å². The Bertz CT molecular complexity index is 370. The largest absolute Gasteiger partial charge is 0.211 e. The van der Waals surface area contributed by atoms with Gasteiger partial charge in [-0.05, 0) is 12.5 Å². The van der Waals surface area contributed by atoms with Gasteiger partial charge in [-0.1, -0.05) is 42.1 Å². The number of rotatable bonds is 2. The first-order valence-corrected chi connectivity index (χ1v) is 5.34. The average Bonchev–Trinajstić information content (AvgIpc) is 2.63. The van der Waals surface area contributed by atoms with Crippen LogP contribution in [0.1, 0.15) is 12.5 Å². The molecule has 4 heteroatoms. The fourth-order valence-electron chi connectivity index (χ4n) is 1.08. The molecule has 2 rings (SSSR count). The molecule has 1 heterocycles. The van der Waals surface area contributed by atoms with Crippen molar-refractivity contribution in [3.8, 4) is 0 Å². The molecular weight excluding hydrogens is 194 g/mol. The van der Waals surface area contributed by atoms with Crippen molar-refractivity contribution < 1.29 is 0 Å². The number of hydrogen-bond acceptors (Lipinski definition) is 3. The van der Waals surface area contributed by atoms with E-state index in [4.69, 9.17) is 0 Å². The van der Waals surface area contributed by atoms with E-state index in [9.17, 15) is 0 Å². The Hall–Kier alpha value is -1.29. The first kappa shape index (κ1) is 9.27. The van der Waals surface area contributed by atoms with Crippen LogP contribution in [0.15, 0.2) is 40.5 Å². The second-order valence-corrected chi connectivity index (χ2v) is 3.86. The van der Waals surface area contributed by atoms with Crippen LogP contribution in [-0.2, 0) is 5.75 Å². The highest BCUT2D eigenvalue weighted by Gasteiger charge is 2.09. The maximum atomic E-state index is 4.17. The molecule has 0 aliphatic carbocycles. The topological polar surface area (TPSA) is 38.8 Å². The van der Waals surface area contributed by atoms with Crippen LogP contribution in [0.3, 0.4) is 0 Å². The molecule has 1 radical (unpaired) electrons. The van der Waals surface area contributed by atoms with Crippen molar-refractivity contribution in [2.75, 3.05) is 0 Å². The minimum Gasteiger partial charge on any atom is -0.204 e. The SMILES string of the molecule is CC1=NN=C(SCc2ccccc2)[N]1. The van der Waals surface area contributed by atoms with E-state index in [1.165, 1.54) is 5.56 Å². The number of thioether (sulfide) groups is 1. The molecule has 1 aromatic rings. The van der Waals surface area contributed by atoms with Gasteiger partial charge >= 0.3 is 0 Å². The number of hydrogen-bond donors (Lipinski definition) is 0. The summed E-state index contributed by atoms with van der Waals surface area (Å²) in [5.74, 6) is 1.63. The molecule has 0 atom stereocenters. The summed E-state index contributed by atoms with van der Waals surface area (Å²) >= 11 is 1.61. The van der Waals surface area contributed by atoms with Gasteiger partial charge in [-0.2, -0.15) is 0 Å². The molecule has 0 saturated carbocycles. The van der Waals surface area contributed by atoms with Gasteiger partial charge in [0.25, 0.3) is 0 Å². The van der Waals surface area contributed by atoms with Gasteiger partial charge in [-0.15, -0.1) is 10.2 Å². The van der Waals surface area contributed by atoms with E-state index in [0.29, 0.717) is 0 Å². The molecule has 14 heavy (non-hydrogen) atoms. The van der Waals surface area contributed by atoms with Gasteiger partial charge in [0.1, 0.15) is 0 Å². The molecule has 0 fully saturated rings.